The maximum atomic E-state index is 5.52. The summed E-state index contributed by atoms with van der Waals surface area (Å²) >= 11 is 0. The second-order valence-electron chi connectivity index (χ2n) is 6.02. The Morgan fingerprint density at radius 1 is 1.17 bits per heavy atom. The summed E-state index contributed by atoms with van der Waals surface area (Å²) in [5.41, 5.74) is 0.959. The lowest BCUT2D eigenvalue weighted by atomic mass is 10.1. The number of ether oxygens (including phenoxy) is 1. The van der Waals surface area contributed by atoms with Gasteiger partial charge < -0.3 is 14.5 Å². The molecule has 0 saturated heterocycles. The lowest BCUT2D eigenvalue weighted by Gasteiger charge is -2.14. The maximum absolute atomic E-state index is 5.52. The summed E-state index contributed by atoms with van der Waals surface area (Å²) < 4.78 is 11.0. The normalized spacial score (nSPS) is 12.6. The second kappa shape index (κ2) is 10.0. The predicted molar refractivity (Wildman–Crippen MR) is 103 cm³/mol. The van der Waals surface area contributed by atoms with E-state index in [4.69, 9.17) is 14.1 Å². The van der Waals surface area contributed by atoms with Crippen LogP contribution in [0.1, 0.15) is 39.9 Å². The van der Waals surface area contributed by atoms with Crippen LogP contribution in [0.25, 0.3) is 0 Å². The highest BCUT2D eigenvalue weighted by Crippen LogP contribution is 2.18. The summed E-state index contributed by atoms with van der Waals surface area (Å²) in [6, 6.07) is 11.9. The third-order valence-electron chi connectivity index (χ3n) is 3.34. The molecule has 1 aromatic heterocycles. The lowest BCUT2D eigenvalue weighted by molar-refractivity contribution is 0.340. The SMILES string of the molecule is CCOc1ccc(NC(=NC(C)CC(C)C)c2ccco2)cc1.Cl. The maximum Gasteiger partial charge on any atom is 0.169 e. The number of halogens is 1. The minimum Gasteiger partial charge on any atom is -0.494 e. The van der Waals surface area contributed by atoms with Crippen LogP contribution >= 0.6 is 12.4 Å². The summed E-state index contributed by atoms with van der Waals surface area (Å²) in [5, 5.41) is 3.36. The molecule has 132 valence electrons. The number of aliphatic imine (C=N–C) groups is 1. The first-order valence-corrected chi connectivity index (χ1v) is 8.20. The molecule has 1 unspecified atom stereocenters. The van der Waals surface area contributed by atoms with Crippen LogP contribution in [0.5, 0.6) is 5.75 Å². The molecule has 24 heavy (non-hydrogen) atoms. The Labute approximate surface area is 150 Å². The molecule has 0 aliphatic carbocycles. The van der Waals surface area contributed by atoms with Gasteiger partial charge in [-0.3, -0.25) is 4.99 Å². The highest BCUT2D eigenvalue weighted by molar-refractivity contribution is 6.06. The fraction of sp³-hybridized carbons (Fsp3) is 0.421. The van der Waals surface area contributed by atoms with Crippen molar-refractivity contribution in [3.8, 4) is 5.75 Å². The molecule has 1 heterocycles. The fourth-order valence-corrected chi connectivity index (χ4v) is 2.46. The average molecular weight is 351 g/mol. The van der Waals surface area contributed by atoms with Gasteiger partial charge in [0.25, 0.3) is 0 Å². The third-order valence-corrected chi connectivity index (χ3v) is 3.34. The molecule has 1 aromatic carbocycles. The molecule has 4 nitrogen and oxygen atoms in total. The van der Waals surface area contributed by atoms with Crippen LogP contribution in [0.4, 0.5) is 5.69 Å². The molecule has 2 rings (SSSR count). The number of rotatable bonds is 7. The number of benzene rings is 1. The first-order chi connectivity index (χ1) is 11.1. The number of furan rings is 1. The van der Waals surface area contributed by atoms with Gasteiger partial charge in [-0.2, -0.15) is 0 Å². The zero-order chi connectivity index (χ0) is 16.7. The molecule has 0 aliphatic rings. The first-order valence-electron chi connectivity index (χ1n) is 8.20. The summed E-state index contributed by atoms with van der Waals surface area (Å²) in [6.07, 6.45) is 2.70. The lowest BCUT2D eigenvalue weighted by Crippen LogP contribution is -2.17. The van der Waals surface area contributed by atoms with Crippen LogP contribution in [-0.4, -0.2) is 18.5 Å². The van der Waals surface area contributed by atoms with E-state index in [0.717, 1.165) is 29.5 Å². The van der Waals surface area contributed by atoms with Crippen molar-refractivity contribution in [2.24, 2.45) is 10.9 Å². The molecular weight excluding hydrogens is 324 g/mol. The van der Waals surface area contributed by atoms with E-state index >= 15 is 0 Å². The molecule has 2 aromatic rings. The smallest absolute Gasteiger partial charge is 0.169 e. The Bertz CT molecular complexity index is 607. The zero-order valence-electron chi connectivity index (χ0n) is 14.8. The van der Waals surface area contributed by atoms with Crippen molar-refractivity contribution in [1.82, 2.24) is 0 Å². The van der Waals surface area contributed by atoms with E-state index in [9.17, 15) is 0 Å². The van der Waals surface area contributed by atoms with Crippen LogP contribution in [0, 0.1) is 5.92 Å². The Kier molecular flexibility index (Phi) is 8.41. The van der Waals surface area contributed by atoms with Crippen LogP contribution in [-0.2, 0) is 0 Å². The molecule has 5 heteroatoms. The van der Waals surface area contributed by atoms with Gasteiger partial charge in [0.1, 0.15) is 5.75 Å². The van der Waals surface area contributed by atoms with Gasteiger partial charge in [-0.1, -0.05) is 13.8 Å². The minimum atomic E-state index is 0. The largest absolute Gasteiger partial charge is 0.494 e. The quantitative estimate of drug-likeness (QED) is 0.537. The van der Waals surface area contributed by atoms with Gasteiger partial charge in [-0.05, 0) is 62.6 Å². The van der Waals surface area contributed by atoms with Gasteiger partial charge in [-0.15, -0.1) is 12.4 Å². The fourth-order valence-electron chi connectivity index (χ4n) is 2.46. The standard InChI is InChI=1S/C19H26N2O2.ClH/c1-5-22-17-10-8-16(9-11-17)21-19(18-7-6-12-23-18)20-15(4)13-14(2)3;/h6-12,14-15H,5,13H2,1-4H3,(H,20,21);1H. The van der Waals surface area contributed by atoms with Gasteiger partial charge in [0.2, 0.25) is 0 Å². The molecular formula is C19H27ClN2O2. The minimum absolute atomic E-state index is 0. The monoisotopic (exact) mass is 350 g/mol. The van der Waals surface area contributed by atoms with Crippen LogP contribution < -0.4 is 10.1 Å². The molecule has 0 spiro atoms. The molecule has 0 amide bonds. The van der Waals surface area contributed by atoms with Crippen molar-refractivity contribution in [3.05, 3.63) is 48.4 Å². The van der Waals surface area contributed by atoms with E-state index in [2.05, 4.69) is 26.1 Å². The van der Waals surface area contributed by atoms with Gasteiger partial charge in [0, 0.05) is 11.7 Å². The summed E-state index contributed by atoms with van der Waals surface area (Å²) in [5.74, 6) is 2.97. The summed E-state index contributed by atoms with van der Waals surface area (Å²) in [7, 11) is 0. The highest BCUT2D eigenvalue weighted by atomic mass is 35.5. The Morgan fingerprint density at radius 2 is 1.88 bits per heavy atom. The van der Waals surface area contributed by atoms with Gasteiger partial charge >= 0.3 is 0 Å². The number of hydrogen-bond donors (Lipinski definition) is 1. The van der Waals surface area contributed by atoms with Gasteiger partial charge in [-0.25, -0.2) is 0 Å². The number of nitrogens with zero attached hydrogens (tertiary/aromatic N) is 1. The van der Waals surface area contributed by atoms with E-state index in [1.165, 1.54) is 0 Å². The van der Waals surface area contributed by atoms with E-state index < -0.39 is 0 Å². The topological polar surface area (TPSA) is 46.8 Å². The van der Waals surface area contributed by atoms with E-state index in [0.29, 0.717) is 12.5 Å². The Hall–Kier alpha value is -1.94. The highest BCUT2D eigenvalue weighted by Gasteiger charge is 2.11. The van der Waals surface area contributed by atoms with Crippen molar-refractivity contribution in [2.75, 3.05) is 11.9 Å². The van der Waals surface area contributed by atoms with Crippen LogP contribution in [0.15, 0.2) is 52.1 Å². The first kappa shape index (κ1) is 20.1. The number of hydrogen-bond acceptors (Lipinski definition) is 3. The molecule has 1 N–H and O–H groups in total. The van der Waals surface area contributed by atoms with E-state index in [1.54, 1.807) is 6.26 Å². The van der Waals surface area contributed by atoms with Crippen LogP contribution in [0.3, 0.4) is 0 Å². The number of anilines is 1. The zero-order valence-corrected chi connectivity index (χ0v) is 15.6. The Morgan fingerprint density at radius 3 is 2.42 bits per heavy atom. The number of amidine groups is 1. The molecule has 1 atom stereocenters. The molecule has 0 radical (unpaired) electrons. The molecule has 0 fully saturated rings. The predicted octanol–water partition coefficient (Wildman–Crippen LogP) is 5.39. The van der Waals surface area contributed by atoms with Gasteiger partial charge in [0.15, 0.2) is 11.6 Å². The van der Waals surface area contributed by atoms with Crippen molar-refractivity contribution >= 4 is 23.9 Å². The van der Waals surface area contributed by atoms with E-state index in [-0.39, 0.29) is 18.4 Å². The van der Waals surface area contributed by atoms with Crippen molar-refractivity contribution in [2.45, 2.75) is 40.2 Å². The summed E-state index contributed by atoms with van der Waals surface area (Å²) in [6.45, 7) is 9.18. The number of nitrogens with one attached hydrogen (secondary N) is 1. The summed E-state index contributed by atoms with van der Waals surface area (Å²) in [4.78, 5) is 4.79. The Balaban J connectivity index is 0.00000288. The molecule has 0 bridgehead atoms. The second-order valence-corrected chi connectivity index (χ2v) is 6.02. The van der Waals surface area contributed by atoms with Crippen molar-refractivity contribution < 1.29 is 9.15 Å². The van der Waals surface area contributed by atoms with Crippen molar-refractivity contribution in [3.63, 3.8) is 0 Å². The average Bonchev–Trinajstić information content (AvgIpc) is 3.02. The molecule has 0 aliphatic heterocycles. The van der Waals surface area contributed by atoms with Crippen LogP contribution in [0.2, 0.25) is 0 Å². The van der Waals surface area contributed by atoms with Crippen molar-refractivity contribution in [1.29, 1.82) is 0 Å². The third kappa shape index (κ3) is 6.28. The molecule has 0 saturated carbocycles. The van der Waals surface area contributed by atoms with Gasteiger partial charge in [0.05, 0.1) is 12.9 Å². The van der Waals surface area contributed by atoms with E-state index in [1.807, 2.05) is 43.3 Å².